The molecule has 0 saturated carbocycles. The lowest BCUT2D eigenvalue weighted by Crippen LogP contribution is -1.97. The largest absolute Gasteiger partial charge is 0.298 e. The van der Waals surface area contributed by atoms with Crippen molar-refractivity contribution in [2.45, 2.75) is 4.90 Å². The van der Waals surface area contributed by atoms with Gasteiger partial charge in [0.2, 0.25) is 0 Å². The van der Waals surface area contributed by atoms with Gasteiger partial charge in [-0.15, -0.1) is 0 Å². The first-order valence-electron chi connectivity index (χ1n) is 3.53. The van der Waals surface area contributed by atoms with E-state index in [-0.39, 0.29) is 20.5 Å². The number of hydrogen-bond donors (Lipinski definition) is 0. The minimum absolute atomic E-state index is 0.0551. The number of aldehydes is 1. The number of carbonyl (C=O) groups excluding carboxylic acids is 1. The van der Waals surface area contributed by atoms with Gasteiger partial charge in [0, 0.05) is 20.7 Å². The molecule has 15 heavy (non-hydrogen) atoms. The van der Waals surface area contributed by atoms with Crippen LogP contribution in [0.3, 0.4) is 0 Å². The second kappa shape index (κ2) is 4.31. The molecule has 7 heteroatoms. The predicted octanol–water partition coefficient (Wildman–Crippen LogP) is 2.06. The number of rotatable bonds is 2. The van der Waals surface area contributed by atoms with Crippen LogP contribution in [0.1, 0.15) is 15.9 Å². The van der Waals surface area contributed by atoms with Gasteiger partial charge in [0.15, 0.2) is 6.29 Å². The zero-order chi connectivity index (χ0) is 11.6. The molecule has 0 fully saturated rings. The SMILES string of the molecule is N#Cc1cc(C=O)c(Br)c(S(=O)(=O)Cl)c1. The van der Waals surface area contributed by atoms with Crippen molar-refractivity contribution in [3.8, 4) is 6.07 Å². The lowest BCUT2D eigenvalue weighted by molar-refractivity contribution is 0.112. The summed E-state index contributed by atoms with van der Waals surface area (Å²) in [5.74, 6) is 0. The van der Waals surface area contributed by atoms with Crippen molar-refractivity contribution in [3.63, 3.8) is 0 Å². The molecule has 0 aliphatic heterocycles. The first kappa shape index (κ1) is 12.2. The fourth-order valence-corrected chi connectivity index (χ4v) is 3.15. The molecule has 0 aliphatic carbocycles. The average Bonchev–Trinajstić information content (AvgIpc) is 2.16. The highest BCUT2D eigenvalue weighted by Gasteiger charge is 2.18. The quantitative estimate of drug-likeness (QED) is 0.619. The minimum atomic E-state index is -3.98. The zero-order valence-electron chi connectivity index (χ0n) is 7.07. The Hall–Kier alpha value is -0.900. The summed E-state index contributed by atoms with van der Waals surface area (Å²) in [6.07, 6.45) is 0.441. The zero-order valence-corrected chi connectivity index (χ0v) is 10.2. The van der Waals surface area contributed by atoms with Crippen LogP contribution in [0.5, 0.6) is 0 Å². The van der Waals surface area contributed by atoms with Gasteiger partial charge in [-0.1, -0.05) is 0 Å². The smallest absolute Gasteiger partial charge is 0.262 e. The predicted molar refractivity (Wildman–Crippen MR) is 57.3 cm³/mol. The van der Waals surface area contributed by atoms with E-state index in [1.807, 2.05) is 0 Å². The highest BCUT2D eigenvalue weighted by Crippen LogP contribution is 2.29. The van der Waals surface area contributed by atoms with Crippen molar-refractivity contribution in [1.82, 2.24) is 0 Å². The molecule has 4 nitrogen and oxygen atoms in total. The first-order valence-corrected chi connectivity index (χ1v) is 6.64. The summed E-state index contributed by atoms with van der Waals surface area (Å²) >= 11 is 2.94. The van der Waals surface area contributed by atoms with Crippen molar-refractivity contribution in [2.75, 3.05) is 0 Å². The topological polar surface area (TPSA) is 75.0 Å². The second-order valence-corrected chi connectivity index (χ2v) is 5.87. The molecule has 1 aromatic carbocycles. The molecule has 1 rings (SSSR count). The molecule has 0 saturated heterocycles. The Morgan fingerprint density at radius 3 is 2.47 bits per heavy atom. The van der Waals surface area contributed by atoms with Crippen LogP contribution in [-0.4, -0.2) is 14.7 Å². The van der Waals surface area contributed by atoms with E-state index >= 15 is 0 Å². The Morgan fingerprint density at radius 1 is 1.47 bits per heavy atom. The highest BCUT2D eigenvalue weighted by molar-refractivity contribution is 9.10. The van der Waals surface area contributed by atoms with Gasteiger partial charge in [-0.05, 0) is 28.1 Å². The Morgan fingerprint density at radius 2 is 2.07 bits per heavy atom. The van der Waals surface area contributed by atoms with E-state index in [4.69, 9.17) is 15.9 Å². The molecule has 0 spiro atoms. The van der Waals surface area contributed by atoms with Crippen LogP contribution in [-0.2, 0) is 9.05 Å². The highest BCUT2D eigenvalue weighted by atomic mass is 79.9. The summed E-state index contributed by atoms with van der Waals surface area (Å²) in [6, 6.07) is 4.10. The molecule has 78 valence electrons. The molecule has 0 aromatic heterocycles. The van der Waals surface area contributed by atoms with Gasteiger partial charge in [-0.2, -0.15) is 5.26 Å². The molecule has 0 unspecified atom stereocenters. The maximum absolute atomic E-state index is 11.1. The van der Waals surface area contributed by atoms with Crippen LogP contribution in [0.2, 0.25) is 0 Å². The van der Waals surface area contributed by atoms with E-state index < -0.39 is 9.05 Å². The van der Waals surface area contributed by atoms with Gasteiger partial charge < -0.3 is 0 Å². The van der Waals surface area contributed by atoms with Gasteiger partial charge >= 0.3 is 0 Å². The van der Waals surface area contributed by atoms with Crippen LogP contribution in [0, 0.1) is 11.3 Å². The van der Waals surface area contributed by atoms with Crippen molar-refractivity contribution in [1.29, 1.82) is 5.26 Å². The van der Waals surface area contributed by atoms with Gasteiger partial charge in [-0.3, -0.25) is 4.79 Å². The number of benzene rings is 1. The third kappa shape index (κ3) is 2.56. The molecule has 0 atom stereocenters. The fraction of sp³-hybridized carbons (Fsp3) is 0. The summed E-state index contributed by atoms with van der Waals surface area (Å²) in [5, 5.41) is 8.62. The molecule has 0 heterocycles. The molecular formula is C8H3BrClNO3S. The third-order valence-corrected chi connectivity index (χ3v) is 4.08. The second-order valence-electron chi connectivity index (χ2n) is 2.55. The Labute approximate surface area is 99.0 Å². The fourth-order valence-electron chi connectivity index (χ4n) is 0.947. The molecule has 0 radical (unpaired) electrons. The van der Waals surface area contributed by atoms with E-state index in [0.29, 0.717) is 6.29 Å². The van der Waals surface area contributed by atoms with Crippen molar-refractivity contribution in [2.24, 2.45) is 0 Å². The number of hydrogen-bond acceptors (Lipinski definition) is 4. The standard InChI is InChI=1S/C8H3BrClNO3S/c9-8-6(4-12)1-5(3-11)2-7(8)15(10,13)14/h1-2,4H. The lowest BCUT2D eigenvalue weighted by Gasteiger charge is -2.03. The summed E-state index contributed by atoms with van der Waals surface area (Å²) in [6.45, 7) is 0. The van der Waals surface area contributed by atoms with Crippen molar-refractivity contribution in [3.05, 3.63) is 27.7 Å². The van der Waals surface area contributed by atoms with Gasteiger partial charge in [-0.25, -0.2) is 8.42 Å². The summed E-state index contributed by atoms with van der Waals surface area (Å²) in [5.41, 5.74) is 0.118. The van der Waals surface area contributed by atoms with E-state index in [2.05, 4.69) is 15.9 Å². The van der Waals surface area contributed by atoms with E-state index in [0.717, 1.165) is 6.07 Å². The normalized spacial score (nSPS) is 10.7. The number of carbonyl (C=O) groups is 1. The van der Waals surface area contributed by atoms with Crippen molar-refractivity contribution < 1.29 is 13.2 Å². The number of nitriles is 1. The number of halogens is 2. The maximum atomic E-state index is 11.1. The van der Waals surface area contributed by atoms with Gasteiger partial charge in [0.25, 0.3) is 9.05 Å². The van der Waals surface area contributed by atoms with Crippen molar-refractivity contribution >= 4 is 41.9 Å². The molecule has 0 amide bonds. The molecular weight excluding hydrogens is 306 g/mol. The average molecular weight is 309 g/mol. The van der Waals surface area contributed by atoms with Gasteiger partial charge in [0.05, 0.1) is 16.5 Å². The monoisotopic (exact) mass is 307 g/mol. The Balaban J connectivity index is 3.68. The summed E-state index contributed by atoms with van der Waals surface area (Å²) < 4.78 is 22.3. The summed E-state index contributed by atoms with van der Waals surface area (Å²) in [4.78, 5) is 10.3. The van der Waals surface area contributed by atoms with E-state index in [1.54, 1.807) is 6.07 Å². The van der Waals surface area contributed by atoms with Crippen LogP contribution in [0.25, 0.3) is 0 Å². The van der Waals surface area contributed by atoms with E-state index in [9.17, 15) is 13.2 Å². The van der Waals surface area contributed by atoms with Gasteiger partial charge in [0.1, 0.15) is 0 Å². The Bertz CT molecular complexity index is 562. The summed E-state index contributed by atoms with van der Waals surface area (Å²) in [7, 11) is 1.16. The number of nitrogens with zero attached hydrogens (tertiary/aromatic N) is 1. The van der Waals surface area contributed by atoms with Crippen LogP contribution < -0.4 is 0 Å². The minimum Gasteiger partial charge on any atom is -0.298 e. The molecule has 0 bridgehead atoms. The van der Waals surface area contributed by atoms with E-state index in [1.165, 1.54) is 6.07 Å². The lowest BCUT2D eigenvalue weighted by atomic mass is 10.1. The maximum Gasteiger partial charge on any atom is 0.262 e. The molecule has 0 aliphatic rings. The van der Waals surface area contributed by atoms with Crippen LogP contribution in [0.15, 0.2) is 21.5 Å². The third-order valence-electron chi connectivity index (χ3n) is 1.59. The first-order chi connectivity index (χ1) is 6.90. The molecule has 0 N–H and O–H groups in total. The molecule has 1 aromatic rings. The Kier molecular flexibility index (Phi) is 3.50. The van der Waals surface area contributed by atoms with Crippen LogP contribution in [0.4, 0.5) is 0 Å². The van der Waals surface area contributed by atoms with Crippen LogP contribution >= 0.6 is 26.6 Å².